The van der Waals surface area contributed by atoms with E-state index in [1.807, 2.05) is 6.92 Å². The van der Waals surface area contributed by atoms with Crippen LogP contribution >= 0.6 is 0 Å². The van der Waals surface area contributed by atoms with E-state index in [1.165, 1.54) is 6.07 Å². The van der Waals surface area contributed by atoms with E-state index in [2.05, 4.69) is 0 Å². The molecule has 2 unspecified atom stereocenters. The normalized spacial score (nSPS) is 30.0. The third-order valence-corrected chi connectivity index (χ3v) is 3.05. The SMILES string of the molecule is CC1CC1(C(=O)O)c1ccccc1F. The fraction of sp³-hybridized carbons (Fsp3) is 0.364. The van der Waals surface area contributed by atoms with E-state index >= 15 is 0 Å². The first-order valence-electron chi connectivity index (χ1n) is 4.57. The van der Waals surface area contributed by atoms with Gasteiger partial charge in [-0.05, 0) is 18.4 Å². The number of hydrogen-bond donors (Lipinski definition) is 1. The molecule has 0 bridgehead atoms. The standard InChI is InChI=1S/C11H11FO2/c1-7-6-11(7,10(13)14)8-4-2-3-5-9(8)12/h2-5,7H,6H2,1H3,(H,13,14). The molecule has 2 nitrogen and oxygen atoms in total. The highest BCUT2D eigenvalue weighted by Gasteiger charge is 2.60. The first-order chi connectivity index (χ1) is 6.59. The number of carboxylic acids is 1. The summed E-state index contributed by atoms with van der Waals surface area (Å²) in [4.78, 5) is 11.1. The predicted molar refractivity (Wildman–Crippen MR) is 49.5 cm³/mol. The van der Waals surface area contributed by atoms with Crippen molar-refractivity contribution in [3.05, 3.63) is 35.6 Å². The summed E-state index contributed by atoms with van der Waals surface area (Å²) in [5, 5.41) is 9.09. The highest BCUT2D eigenvalue weighted by Crippen LogP contribution is 2.54. The molecule has 1 fully saturated rings. The molecule has 1 aliphatic rings. The summed E-state index contributed by atoms with van der Waals surface area (Å²) in [6, 6.07) is 6.12. The molecule has 0 aliphatic heterocycles. The number of halogens is 1. The van der Waals surface area contributed by atoms with Gasteiger partial charge in [0, 0.05) is 5.56 Å². The van der Waals surface area contributed by atoms with Gasteiger partial charge in [-0.3, -0.25) is 4.79 Å². The summed E-state index contributed by atoms with van der Waals surface area (Å²) in [5.74, 6) is -1.31. The van der Waals surface area contributed by atoms with Crippen molar-refractivity contribution >= 4 is 5.97 Å². The van der Waals surface area contributed by atoms with Gasteiger partial charge in [0.2, 0.25) is 0 Å². The molecule has 1 N–H and O–H groups in total. The first-order valence-corrected chi connectivity index (χ1v) is 4.57. The summed E-state index contributed by atoms with van der Waals surface area (Å²) in [5.41, 5.74) is -0.647. The zero-order chi connectivity index (χ0) is 10.3. The molecular formula is C11H11FO2. The van der Waals surface area contributed by atoms with Crippen LogP contribution in [-0.2, 0) is 10.2 Å². The van der Waals surface area contributed by atoms with Gasteiger partial charge in [0.25, 0.3) is 0 Å². The quantitative estimate of drug-likeness (QED) is 0.783. The molecule has 0 spiro atoms. The number of aliphatic carboxylic acids is 1. The lowest BCUT2D eigenvalue weighted by Crippen LogP contribution is -2.23. The largest absolute Gasteiger partial charge is 0.481 e. The van der Waals surface area contributed by atoms with Crippen LogP contribution in [0, 0.1) is 11.7 Å². The van der Waals surface area contributed by atoms with E-state index in [-0.39, 0.29) is 5.92 Å². The van der Waals surface area contributed by atoms with Crippen LogP contribution in [0.2, 0.25) is 0 Å². The van der Waals surface area contributed by atoms with Crippen molar-refractivity contribution in [3.63, 3.8) is 0 Å². The topological polar surface area (TPSA) is 37.3 Å². The molecule has 0 heterocycles. The average Bonchev–Trinajstić information content (AvgIpc) is 2.79. The zero-order valence-electron chi connectivity index (χ0n) is 7.83. The van der Waals surface area contributed by atoms with E-state index in [0.29, 0.717) is 12.0 Å². The summed E-state index contributed by atoms with van der Waals surface area (Å²) in [7, 11) is 0. The number of hydrogen-bond acceptors (Lipinski definition) is 1. The molecular weight excluding hydrogens is 183 g/mol. The molecule has 0 aromatic heterocycles. The Hall–Kier alpha value is -1.38. The van der Waals surface area contributed by atoms with Crippen molar-refractivity contribution in [1.82, 2.24) is 0 Å². The van der Waals surface area contributed by atoms with Crippen LogP contribution in [0.1, 0.15) is 18.9 Å². The minimum absolute atomic E-state index is 0.0249. The van der Waals surface area contributed by atoms with E-state index in [4.69, 9.17) is 5.11 Å². The molecule has 1 aromatic rings. The lowest BCUT2D eigenvalue weighted by molar-refractivity contribution is -0.140. The molecule has 0 radical (unpaired) electrons. The molecule has 0 saturated heterocycles. The highest BCUT2D eigenvalue weighted by atomic mass is 19.1. The van der Waals surface area contributed by atoms with Crippen LogP contribution in [-0.4, -0.2) is 11.1 Å². The van der Waals surface area contributed by atoms with Gasteiger partial charge in [0.1, 0.15) is 5.82 Å². The molecule has 14 heavy (non-hydrogen) atoms. The molecule has 2 atom stereocenters. The van der Waals surface area contributed by atoms with E-state index in [9.17, 15) is 9.18 Å². The summed E-state index contributed by atoms with van der Waals surface area (Å²) < 4.78 is 13.4. The minimum Gasteiger partial charge on any atom is -0.481 e. The molecule has 1 saturated carbocycles. The fourth-order valence-corrected chi connectivity index (χ4v) is 2.04. The van der Waals surface area contributed by atoms with E-state index in [1.54, 1.807) is 18.2 Å². The van der Waals surface area contributed by atoms with Gasteiger partial charge in [-0.2, -0.15) is 0 Å². The van der Waals surface area contributed by atoms with Crippen LogP contribution in [0.5, 0.6) is 0 Å². The fourth-order valence-electron chi connectivity index (χ4n) is 2.04. The molecule has 1 aliphatic carbocycles. The lowest BCUT2D eigenvalue weighted by atomic mass is 9.93. The van der Waals surface area contributed by atoms with Gasteiger partial charge in [-0.15, -0.1) is 0 Å². The van der Waals surface area contributed by atoms with Gasteiger partial charge < -0.3 is 5.11 Å². The highest BCUT2D eigenvalue weighted by molar-refractivity contribution is 5.85. The number of carboxylic acid groups (broad SMARTS) is 1. The van der Waals surface area contributed by atoms with Crippen molar-refractivity contribution in [1.29, 1.82) is 0 Å². The summed E-state index contributed by atoms with van der Waals surface area (Å²) >= 11 is 0. The number of benzene rings is 1. The number of rotatable bonds is 2. The molecule has 0 amide bonds. The Morgan fingerprint density at radius 3 is 2.57 bits per heavy atom. The van der Waals surface area contributed by atoms with Crippen molar-refractivity contribution in [3.8, 4) is 0 Å². The van der Waals surface area contributed by atoms with Crippen molar-refractivity contribution in [2.24, 2.45) is 5.92 Å². The second-order valence-electron chi connectivity index (χ2n) is 3.86. The van der Waals surface area contributed by atoms with Gasteiger partial charge in [-0.1, -0.05) is 25.1 Å². The van der Waals surface area contributed by atoms with Gasteiger partial charge in [0.05, 0.1) is 5.41 Å². The molecule has 1 aromatic carbocycles. The van der Waals surface area contributed by atoms with Crippen molar-refractivity contribution < 1.29 is 14.3 Å². The summed E-state index contributed by atoms with van der Waals surface area (Å²) in [6.45, 7) is 1.83. The van der Waals surface area contributed by atoms with Crippen LogP contribution in [0.3, 0.4) is 0 Å². The second kappa shape index (κ2) is 2.80. The smallest absolute Gasteiger partial charge is 0.314 e. The second-order valence-corrected chi connectivity index (χ2v) is 3.86. The monoisotopic (exact) mass is 194 g/mol. The zero-order valence-corrected chi connectivity index (χ0v) is 7.83. The number of carbonyl (C=O) groups is 1. The van der Waals surface area contributed by atoms with Gasteiger partial charge in [-0.25, -0.2) is 4.39 Å². The lowest BCUT2D eigenvalue weighted by Gasteiger charge is -2.12. The predicted octanol–water partition coefficient (Wildman–Crippen LogP) is 2.19. The Balaban J connectivity index is 2.49. The maximum absolute atomic E-state index is 13.4. The van der Waals surface area contributed by atoms with E-state index < -0.39 is 17.2 Å². The Labute approximate surface area is 81.4 Å². The summed E-state index contributed by atoms with van der Waals surface area (Å²) in [6.07, 6.45) is 0.531. The van der Waals surface area contributed by atoms with Crippen LogP contribution in [0.15, 0.2) is 24.3 Å². The Morgan fingerprint density at radius 1 is 1.57 bits per heavy atom. The van der Waals surface area contributed by atoms with Crippen molar-refractivity contribution in [2.45, 2.75) is 18.8 Å². The van der Waals surface area contributed by atoms with Crippen LogP contribution in [0.4, 0.5) is 4.39 Å². The first kappa shape index (κ1) is 9.19. The Bertz CT molecular complexity index is 389. The third-order valence-electron chi connectivity index (χ3n) is 3.05. The van der Waals surface area contributed by atoms with Gasteiger partial charge >= 0.3 is 5.97 Å². The Morgan fingerprint density at radius 2 is 2.14 bits per heavy atom. The maximum Gasteiger partial charge on any atom is 0.314 e. The average molecular weight is 194 g/mol. The molecule has 3 heteroatoms. The Kier molecular flexibility index (Phi) is 1.84. The van der Waals surface area contributed by atoms with E-state index in [0.717, 1.165) is 0 Å². The maximum atomic E-state index is 13.4. The third kappa shape index (κ3) is 1.05. The molecule has 2 rings (SSSR count). The van der Waals surface area contributed by atoms with Crippen LogP contribution in [0.25, 0.3) is 0 Å². The minimum atomic E-state index is -0.967. The van der Waals surface area contributed by atoms with Crippen LogP contribution < -0.4 is 0 Å². The molecule has 74 valence electrons. The van der Waals surface area contributed by atoms with Crippen molar-refractivity contribution in [2.75, 3.05) is 0 Å². The van der Waals surface area contributed by atoms with Gasteiger partial charge in [0.15, 0.2) is 0 Å².